The van der Waals surface area contributed by atoms with E-state index in [1.165, 1.54) is 0 Å². The Balaban J connectivity index is 2.80. The summed E-state index contributed by atoms with van der Waals surface area (Å²) in [6, 6.07) is 3.00. The summed E-state index contributed by atoms with van der Waals surface area (Å²) < 4.78 is 0. The predicted molar refractivity (Wildman–Crippen MR) is 57.5 cm³/mol. The standard InChI is InChI=1S/C11H16N2O2/c1-3-8(2)13-10(11(14)15)9-5-4-6-12-7-9/h4-8,10,13H,3H2,1-2H3,(H,14,15). The Kier molecular flexibility index (Phi) is 4.24. The first-order valence-electron chi connectivity index (χ1n) is 5.04. The summed E-state index contributed by atoms with van der Waals surface area (Å²) in [5.41, 5.74) is 0.685. The molecule has 82 valence electrons. The zero-order chi connectivity index (χ0) is 11.3. The fourth-order valence-electron chi connectivity index (χ4n) is 1.26. The third kappa shape index (κ3) is 3.32. The molecule has 0 aliphatic rings. The molecule has 0 aliphatic carbocycles. The number of nitrogens with zero attached hydrogens (tertiary/aromatic N) is 1. The van der Waals surface area contributed by atoms with Crippen molar-refractivity contribution < 1.29 is 9.90 Å². The largest absolute Gasteiger partial charge is 0.480 e. The highest BCUT2D eigenvalue weighted by Crippen LogP contribution is 2.12. The van der Waals surface area contributed by atoms with Crippen molar-refractivity contribution in [3.63, 3.8) is 0 Å². The zero-order valence-electron chi connectivity index (χ0n) is 8.97. The third-order valence-electron chi connectivity index (χ3n) is 2.33. The highest BCUT2D eigenvalue weighted by atomic mass is 16.4. The highest BCUT2D eigenvalue weighted by Gasteiger charge is 2.20. The lowest BCUT2D eigenvalue weighted by Crippen LogP contribution is -2.34. The quantitative estimate of drug-likeness (QED) is 0.771. The Morgan fingerprint density at radius 1 is 1.67 bits per heavy atom. The Bertz CT molecular complexity index is 314. The van der Waals surface area contributed by atoms with Crippen molar-refractivity contribution in [3.8, 4) is 0 Å². The summed E-state index contributed by atoms with van der Waals surface area (Å²) in [4.78, 5) is 15.0. The van der Waals surface area contributed by atoms with Crippen LogP contribution in [0.15, 0.2) is 24.5 Å². The number of carboxylic acids is 1. The van der Waals surface area contributed by atoms with Crippen molar-refractivity contribution in [2.75, 3.05) is 0 Å². The molecule has 0 amide bonds. The predicted octanol–water partition coefficient (Wildman–Crippen LogP) is 1.60. The fourth-order valence-corrected chi connectivity index (χ4v) is 1.26. The number of pyridine rings is 1. The molecular weight excluding hydrogens is 192 g/mol. The van der Waals surface area contributed by atoms with Crippen LogP contribution in [0, 0.1) is 0 Å². The van der Waals surface area contributed by atoms with Gasteiger partial charge in [0.25, 0.3) is 0 Å². The van der Waals surface area contributed by atoms with Crippen LogP contribution in [0.5, 0.6) is 0 Å². The van der Waals surface area contributed by atoms with Gasteiger partial charge in [0.05, 0.1) is 0 Å². The number of hydrogen-bond acceptors (Lipinski definition) is 3. The van der Waals surface area contributed by atoms with Crippen molar-refractivity contribution in [1.82, 2.24) is 10.3 Å². The van der Waals surface area contributed by atoms with Gasteiger partial charge < -0.3 is 5.11 Å². The van der Waals surface area contributed by atoms with Gasteiger partial charge in [-0.05, 0) is 25.0 Å². The molecular formula is C11H16N2O2. The van der Waals surface area contributed by atoms with Gasteiger partial charge in [-0.3, -0.25) is 15.1 Å². The number of hydrogen-bond donors (Lipinski definition) is 2. The molecule has 0 saturated carbocycles. The maximum Gasteiger partial charge on any atom is 0.325 e. The average molecular weight is 208 g/mol. The summed E-state index contributed by atoms with van der Waals surface area (Å²) in [5.74, 6) is -0.872. The zero-order valence-corrected chi connectivity index (χ0v) is 8.97. The molecule has 2 unspecified atom stereocenters. The summed E-state index contributed by atoms with van der Waals surface area (Å²) in [6.45, 7) is 3.98. The lowest BCUT2D eigenvalue weighted by Gasteiger charge is -2.18. The molecule has 0 aliphatic heterocycles. The van der Waals surface area contributed by atoms with Crippen LogP contribution in [0.4, 0.5) is 0 Å². The topological polar surface area (TPSA) is 62.2 Å². The van der Waals surface area contributed by atoms with Crippen LogP contribution in [-0.2, 0) is 4.79 Å². The molecule has 4 heteroatoms. The van der Waals surface area contributed by atoms with Gasteiger partial charge in [-0.1, -0.05) is 13.0 Å². The summed E-state index contributed by atoms with van der Waals surface area (Å²) in [6.07, 6.45) is 4.10. The molecule has 0 aromatic carbocycles. The first kappa shape index (κ1) is 11.7. The van der Waals surface area contributed by atoms with Crippen molar-refractivity contribution in [2.45, 2.75) is 32.4 Å². The summed E-state index contributed by atoms with van der Waals surface area (Å²) in [7, 11) is 0. The Morgan fingerprint density at radius 2 is 2.40 bits per heavy atom. The molecule has 1 heterocycles. The van der Waals surface area contributed by atoms with Gasteiger partial charge in [-0.25, -0.2) is 0 Å². The second-order valence-corrected chi connectivity index (χ2v) is 3.53. The molecule has 15 heavy (non-hydrogen) atoms. The normalized spacial score (nSPS) is 14.5. The Morgan fingerprint density at radius 3 is 2.87 bits per heavy atom. The summed E-state index contributed by atoms with van der Waals surface area (Å²) in [5, 5.41) is 12.1. The second-order valence-electron chi connectivity index (χ2n) is 3.53. The van der Waals surface area contributed by atoms with E-state index in [9.17, 15) is 4.79 Å². The maximum atomic E-state index is 11.1. The maximum absolute atomic E-state index is 11.1. The van der Waals surface area contributed by atoms with E-state index in [-0.39, 0.29) is 6.04 Å². The molecule has 1 aromatic heterocycles. The number of rotatable bonds is 5. The molecule has 1 rings (SSSR count). The number of carboxylic acid groups (broad SMARTS) is 1. The van der Waals surface area contributed by atoms with Crippen LogP contribution in [0.3, 0.4) is 0 Å². The van der Waals surface area contributed by atoms with E-state index in [0.29, 0.717) is 5.56 Å². The number of aliphatic carboxylic acids is 1. The van der Waals surface area contributed by atoms with E-state index in [0.717, 1.165) is 6.42 Å². The summed E-state index contributed by atoms with van der Waals surface area (Å²) >= 11 is 0. The van der Waals surface area contributed by atoms with E-state index in [1.54, 1.807) is 24.5 Å². The van der Waals surface area contributed by atoms with E-state index in [1.807, 2.05) is 13.8 Å². The molecule has 0 fully saturated rings. The minimum atomic E-state index is -0.872. The lowest BCUT2D eigenvalue weighted by molar-refractivity contribution is -0.139. The smallest absolute Gasteiger partial charge is 0.325 e. The van der Waals surface area contributed by atoms with E-state index in [2.05, 4.69) is 10.3 Å². The Labute approximate surface area is 89.3 Å². The molecule has 1 aromatic rings. The van der Waals surface area contributed by atoms with Gasteiger partial charge in [0.2, 0.25) is 0 Å². The lowest BCUT2D eigenvalue weighted by atomic mass is 10.1. The Hall–Kier alpha value is -1.42. The SMILES string of the molecule is CCC(C)NC(C(=O)O)c1cccnc1. The van der Waals surface area contributed by atoms with Crippen LogP contribution in [0.2, 0.25) is 0 Å². The van der Waals surface area contributed by atoms with Gasteiger partial charge in [0.15, 0.2) is 0 Å². The van der Waals surface area contributed by atoms with E-state index < -0.39 is 12.0 Å². The monoisotopic (exact) mass is 208 g/mol. The van der Waals surface area contributed by atoms with Crippen molar-refractivity contribution >= 4 is 5.97 Å². The van der Waals surface area contributed by atoms with Gasteiger partial charge in [0, 0.05) is 18.4 Å². The minimum absolute atomic E-state index is 0.173. The average Bonchev–Trinajstić information content (AvgIpc) is 2.26. The van der Waals surface area contributed by atoms with E-state index >= 15 is 0 Å². The van der Waals surface area contributed by atoms with Gasteiger partial charge in [-0.15, -0.1) is 0 Å². The molecule has 2 atom stereocenters. The van der Waals surface area contributed by atoms with Crippen LogP contribution in [0.25, 0.3) is 0 Å². The van der Waals surface area contributed by atoms with Crippen LogP contribution in [-0.4, -0.2) is 22.1 Å². The molecule has 2 N–H and O–H groups in total. The number of nitrogens with one attached hydrogen (secondary N) is 1. The minimum Gasteiger partial charge on any atom is -0.480 e. The first-order valence-corrected chi connectivity index (χ1v) is 5.04. The van der Waals surface area contributed by atoms with Gasteiger partial charge in [0.1, 0.15) is 6.04 Å². The van der Waals surface area contributed by atoms with Crippen LogP contribution in [0.1, 0.15) is 31.9 Å². The van der Waals surface area contributed by atoms with Gasteiger partial charge >= 0.3 is 5.97 Å². The van der Waals surface area contributed by atoms with Crippen molar-refractivity contribution in [2.24, 2.45) is 0 Å². The highest BCUT2D eigenvalue weighted by molar-refractivity contribution is 5.75. The molecule has 4 nitrogen and oxygen atoms in total. The third-order valence-corrected chi connectivity index (χ3v) is 2.33. The fraction of sp³-hybridized carbons (Fsp3) is 0.455. The molecule has 0 spiro atoms. The number of carbonyl (C=O) groups is 1. The van der Waals surface area contributed by atoms with E-state index in [4.69, 9.17) is 5.11 Å². The van der Waals surface area contributed by atoms with Crippen molar-refractivity contribution in [3.05, 3.63) is 30.1 Å². The molecule has 0 saturated heterocycles. The molecule has 0 radical (unpaired) electrons. The van der Waals surface area contributed by atoms with Gasteiger partial charge in [-0.2, -0.15) is 0 Å². The van der Waals surface area contributed by atoms with Crippen LogP contribution >= 0.6 is 0 Å². The van der Waals surface area contributed by atoms with Crippen LogP contribution < -0.4 is 5.32 Å². The molecule has 0 bridgehead atoms. The second kappa shape index (κ2) is 5.46. The van der Waals surface area contributed by atoms with Crippen molar-refractivity contribution in [1.29, 1.82) is 0 Å². The first-order chi connectivity index (χ1) is 7.15. The number of aromatic nitrogens is 1.